The van der Waals surface area contributed by atoms with E-state index < -0.39 is 11.4 Å². The van der Waals surface area contributed by atoms with Crippen LogP contribution >= 0.6 is 0 Å². The van der Waals surface area contributed by atoms with Gasteiger partial charge in [-0.05, 0) is 58.7 Å². The van der Waals surface area contributed by atoms with Gasteiger partial charge in [0.2, 0.25) is 0 Å². The standard InChI is InChI=1S/C15H27N3O3/c1-15(13(19)20)6-10-18(11-15)14(21)16-7-3-12-4-8-17(2)9-5-12/h12H,3-11H2,1-2H3,(H,16,21)(H,19,20). The number of nitrogens with one attached hydrogen (secondary N) is 1. The van der Waals surface area contributed by atoms with E-state index in [1.807, 2.05) is 0 Å². The second kappa shape index (κ2) is 6.64. The highest BCUT2D eigenvalue weighted by Crippen LogP contribution is 2.30. The summed E-state index contributed by atoms with van der Waals surface area (Å²) in [5.74, 6) is -0.117. The zero-order valence-corrected chi connectivity index (χ0v) is 13.1. The first-order chi connectivity index (χ1) is 9.90. The van der Waals surface area contributed by atoms with E-state index in [-0.39, 0.29) is 6.03 Å². The van der Waals surface area contributed by atoms with Gasteiger partial charge in [-0.3, -0.25) is 4.79 Å². The van der Waals surface area contributed by atoms with Crippen molar-refractivity contribution in [3.63, 3.8) is 0 Å². The smallest absolute Gasteiger partial charge is 0.317 e. The number of carboxylic acids is 1. The van der Waals surface area contributed by atoms with Gasteiger partial charge < -0.3 is 20.2 Å². The molecule has 0 spiro atoms. The van der Waals surface area contributed by atoms with Crippen molar-refractivity contribution in [2.75, 3.05) is 39.8 Å². The van der Waals surface area contributed by atoms with Crippen LogP contribution in [-0.4, -0.2) is 66.7 Å². The summed E-state index contributed by atoms with van der Waals surface area (Å²) < 4.78 is 0. The summed E-state index contributed by atoms with van der Waals surface area (Å²) in [6.45, 7) is 5.52. The van der Waals surface area contributed by atoms with Crippen LogP contribution in [0.25, 0.3) is 0 Å². The molecule has 0 bridgehead atoms. The second-order valence-electron chi connectivity index (χ2n) is 6.80. The van der Waals surface area contributed by atoms with Gasteiger partial charge in [-0.1, -0.05) is 0 Å². The van der Waals surface area contributed by atoms with Crippen LogP contribution in [0.15, 0.2) is 0 Å². The van der Waals surface area contributed by atoms with E-state index in [0.717, 1.165) is 19.5 Å². The maximum Gasteiger partial charge on any atom is 0.317 e. The number of amides is 2. The van der Waals surface area contributed by atoms with Crippen LogP contribution in [-0.2, 0) is 4.79 Å². The van der Waals surface area contributed by atoms with Crippen molar-refractivity contribution >= 4 is 12.0 Å². The minimum atomic E-state index is -0.816. The van der Waals surface area contributed by atoms with Gasteiger partial charge in [-0.15, -0.1) is 0 Å². The Morgan fingerprint density at radius 3 is 2.52 bits per heavy atom. The molecule has 2 aliphatic rings. The van der Waals surface area contributed by atoms with Crippen molar-refractivity contribution in [1.29, 1.82) is 0 Å². The maximum absolute atomic E-state index is 12.1. The van der Waals surface area contributed by atoms with E-state index in [1.54, 1.807) is 11.8 Å². The summed E-state index contributed by atoms with van der Waals surface area (Å²) in [5.41, 5.74) is -0.786. The molecule has 0 aliphatic carbocycles. The Balaban J connectivity index is 1.67. The quantitative estimate of drug-likeness (QED) is 0.818. The van der Waals surface area contributed by atoms with Crippen LogP contribution in [0.5, 0.6) is 0 Å². The number of rotatable bonds is 4. The molecular formula is C15H27N3O3. The Hall–Kier alpha value is -1.30. The summed E-state index contributed by atoms with van der Waals surface area (Å²) in [4.78, 5) is 27.2. The molecular weight excluding hydrogens is 270 g/mol. The highest BCUT2D eigenvalue weighted by atomic mass is 16.4. The average molecular weight is 297 g/mol. The minimum Gasteiger partial charge on any atom is -0.481 e. The number of hydrogen-bond donors (Lipinski definition) is 2. The summed E-state index contributed by atoms with van der Waals surface area (Å²) in [6, 6.07) is -0.118. The van der Waals surface area contributed by atoms with E-state index in [1.165, 1.54) is 12.8 Å². The van der Waals surface area contributed by atoms with Gasteiger partial charge in [-0.25, -0.2) is 4.79 Å². The molecule has 2 amide bonds. The van der Waals surface area contributed by atoms with Gasteiger partial charge in [0.15, 0.2) is 0 Å². The molecule has 1 unspecified atom stereocenters. The first-order valence-electron chi connectivity index (χ1n) is 7.85. The van der Waals surface area contributed by atoms with Crippen LogP contribution in [0.1, 0.15) is 32.6 Å². The van der Waals surface area contributed by atoms with Gasteiger partial charge in [0, 0.05) is 19.6 Å². The van der Waals surface area contributed by atoms with Crippen molar-refractivity contribution in [2.24, 2.45) is 11.3 Å². The SMILES string of the molecule is CN1CCC(CCNC(=O)N2CCC(C)(C(=O)O)C2)CC1. The van der Waals surface area contributed by atoms with Crippen molar-refractivity contribution < 1.29 is 14.7 Å². The fourth-order valence-corrected chi connectivity index (χ4v) is 3.15. The van der Waals surface area contributed by atoms with Crippen molar-refractivity contribution in [3.8, 4) is 0 Å². The number of carbonyl (C=O) groups excluding carboxylic acids is 1. The first-order valence-corrected chi connectivity index (χ1v) is 7.85. The molecule has 2 heterocycles. The first kappa shape index (κ1) is 16.1. The lowest BCUT2D eigenvalue weighted by Crippen LogP contribution is -2.41. The number of carboxylic acid groups (broad SMARTS) is 1. The normalized spacial score (nSPS) is 27.8. The van der Waals surface area contributed by atoms with Crippen LogP contribution < -0.4 is 5.32 Å². The molecule has 2 N–H and O–H groups in total. The molecule has 0 aromatic carbocycles. The molecule has 21 heavy (non-hydrogen) atoms. The molecule has 0 saturated carbocycles. The Morgan fingerprint density at radius 2 is 1.95 bits per heavy atom. The van der Waals surface area contributed by atoms with Gasteiger partial charge in [0.25, 0.3) is 0 Å². The highest BCUT2D eigenvalue weighted by Gasteiger charge is 2.42. The molecule has 2 fully saturated rings. The Kier molecular flexibility index (Phi) is 5.08. The van der Waals surface area contributed by atoms with Crippen molar-refractivity contribution in [1.82, 2.24) is 15.1 Å². The Morgan fingerprint density at radius 1 is 1.29 bits per heavy atom. The zero-order chi connectivity index (χ0) is 15.5. The largest absolute Gasteiger partial charge is 0.481 e. The van der Waals surface area contributed by atoms with E-state index in [0.29, 0.717) is 32.0 Å². The Labute approximate surface area is 126 Å². The molecule has 0 aromatic rings. The number of urea groups is 1. The molecule has 2 aliphatic heterocycles. The van der Waals surface area contributed by atoms with Gasteiger partial charge in [0.05, 0.1) is 5.41 Å². The van der Waals surface area contributed by atoms with Crippen molar-refractivity contribution in [2.45, 2.75) is 32.6 Å². The summed E-state index contributed by atoms with van der Waals surface area (Å²) in [6.07, 6.45) is 3.95. The van der Waals surface area contributed by atoms with E-state index >= 15 is 0 Å². The highest BCUT2D eigenvalue weighted by molar-refractivity contribution is 5.79. The third-order valence-corrected chi connectivity index (χ3v) is 4.94. The minimum absolute atomic E-state index is 0.118. The zero-order valence-electron chi connectivity index (χ0n) is 13.1. The number of hydrogen-bond acceptors (Lipinski definition) is 3. The van der Waals surface area contributed by atoms with Gasteiger partial charge in [-0.2, -0.15) is 0 Å². The number of aliphatic carboxylic acids is 1. The molecule has 6 heteroatoms. The molecule has 2 rings (SSSR count). The summed E-state index contributed by atoms with van der Waals surface area (Å²) >= 11 is 0. The number of piperidine rings is 1. The molecule has 0 aromatic heterocycles. The maximum atomic E-state index is 12.1. The molecule has 120 valence electrons. The average Bonchev–Trinajstić information content (AvgIpc) is 2.85. The van der Waals surface area contributed by atoms with Crippen molar-refractivity contribution in [3.05, 3.63) is 0 Å². The van der Waals surface area contributed by atoms with Crippen LogP contribution in [0.2, 0.25) is 0 Å². The van der Waals surface area contributed by atoms with E-state index in [2.05, 4.69) is 17.3 Å². The predicted molar refractivity (Wildman–Crippen MR) is 80.2 cm³/mol. The predicted octanol–water partition coefficient (Wildman–Crippen LogP) is 1.22. The fraction of sp³-hybridized carbons (Fsp3) is 0.867. The summed E-state index contributed by atoms with van der Waals surface area (Å²) in [7, 11) is 2.14. The van der Waals surface area contributed by atoms with Crippen LogP contribution in [0, 0.1) is 11.3 Å². The fourth-order valence-electron chi connectivity index (χ4n) is 3.15. The monoisotopic (exact) mass is 297 g/mol. The molecule has 0 radical (unpaired) electrons. The van der Waals surface area contributed by atoms with Crippen LogP contribution in [0.4, 0.5) is 4.79 Å². The second-order valence-corrected chi connectivity index (χ2v) is 6.80. The summed E-state index contributed by atoms with van der Waals surface area (Å²) in [5, 5.41) is 12.1. The molecule has 6 nitrogen and oxygen atoms in total. The lowest BCUT2D eigenvalue weighted by molar-refractivity contribution is -0.146. The number of likely N-dealkylation sites (tertiary alicyclic amines) is 2. The Bertz CT molecular complexity index is 394. The lowest BCUT2D eigenvalue weighted by atomic mass is 9.90. The van der Waals surface area contributed by atoms with Gasteiger partial charge >= 0.3 is 12.0 Å². The van der Waals surface area contributed by atoms with E-state index in [4.69, 9.17) is 0 Å². The van der Waals surface area contributed by atoms with Gasteiger partial charge in [0.1, 0.15) is 0 Å². The molecule has 2 saturated heterocycles. The molecule has 1 atom stereocenters. The third-order valence-electron chi connectivity index (χ3n) is 4.94. The van der Waals surface area contributed by atoms with E-state index in [9.17, 15) is 14.7 Å². The third kappa shape index (κ3) is 4.09. The van der Waals surface area contributed by atoms with Crippen LogP contribution in [0.3, 0.4) is 0 Å². The topological polar surface area (TPSA) is 72.9 Å². The lowest BCUT2D eigenvalue weighted by Gasteiger charge is -2.29. The number of carbonyl (C=O) groups is 2. The number of nitrogens with zero attached hydrogens (tertiary/aromatic N) is 2.